The maximum absolute atomic E-state index is 6.74. The number of hydrogen-bond donors (Lipinski definition) is 1. The van der Waals surface area contributed by atoms with Crippen LogP contribution in [-0.2, 0) is 0 Å². The van der Waals surface area contributed by atoms with Gasteiger partial charge in [0.15, 0.2) is 0 Å². The van der Waals surface area contributed by atoms with Crippen LogP contribution in [-0.4, -0.2) is 0 Å². The summed E-state index contributed by atoms with van der Waals surface area (Å²) >= 11 is 0. The SMILES string of the molecule is Cc1ccc(OP=N)cc1. The Morgan fingerprint density at radius 2 is 1.90 bits per heavy atom. The molecule has 0 amide bonds. The fraction of sp³-hybridized carbons (Fsp3) is 0.143. The van der Waals surface area contributed by atoms with Gasteiger partial charge in [-0.2, -0.15) is 0 Å². The molecule has 0 atom stereocenters. The van der Waals surface area contributed by atoms with E-state index in [1.54, 1.807) is 0 Å². The molecule has 2 nitrogen and oxygen atoms in total. The van der Waals surface area contributed by atoms with Crippen molar-refractivity contribution in [2.75, 3.05) is 0 Å². The van der Waals surface area contributed by atoms with Gasteiger partial charge in [0.05, 0.1) is 0 Å². The van der Waals surface area contributed by atoms with Crippen molar-refractivity contribution in [1.29, 1.82) is 5.16 Å². The Labute approximate surface area is 61.6 Å². The maximum atomic E-state index is 6.74. The summed E-state index contributed by atoms with van der Waals surface area (Å²) in [5.74, 6) is 0.752. The van der Waals surface area contributed by atoms with Gasteiger partial charge < -0.3 is 4.52 Å². The van der Waals surface area contributed by atoms with Gasteiger partial charge in [0, 0.05) is 0 Å². The zero-order valence-electron chi connectivity index (χ0n) is 5.66. The Balaban J connectivity index is 2.78. The second kappa shape index (κ2) is 3.33. The highest BCUT2D eigenvalue weighted by Gasteiger charge is 1.88. The van der Waals surface area contributed by atoms with Crippen molar-refractivity contribution in [3.63, 3.8) is 0 Å². The Bertz CT molecular complexity index is 220. The lowest BCUT2D eigenvalue weighted by atomic mass is 10.2. The van der Waals surface area contributed by atoms with Crippen molar-refractivity contribution in [2.24, 2.45) is 0 Å². The van der Waals surface area contributed by atoms with Gasteiger partial charge in [0.25, 0.3) is 0 Å². The molecule has 0 saturated heterocycles. The summed E-state index contributed by atoms with van der Waals surface area (Å²) < 4.78 is 4.90. The number of nitrogens with one attached hydrogen (secondary N) is 1. The molecule has 1 aromatic rings. The summed E-state index contributed by atoms with van der Waals surface area (Å²) in [6.07, 6.45) is 0. The van der Waals surface area contributed by atoms with Gasteiger partial charge >= 0.3 is 0 Å². The van der Waals surface area contributed by atoms with E-state index in [0.717, 1.165) is 5.75 Å². The molecule has 3 heteroatoms. The van der Waals surface area contributed by atoms with E-state index in [9.17, 15) is 0 Å². The van der Waals surface area contributed by atoms with E-state index in [-0.39, 0.29) is 8.60 Å². The third-order valence-electron chi connectivity index (χ3n) is 1.17. The summed E-state index contributed by atoms with van der Waals surface area (Å²) in [4.78, 5) is 0. The summed E-state index contributed by atoms with van der Waals surface area (Å²) in [5.41, 5.74) is 1.20. The van der Waals surface area contributed by atoms with Gasteiger partial charge in [0.1, 0.15) is 5.75 Å². The average molecular weight is 153 g/mol. The Hall–Kier alpha value is -0.880. The van der Waals surface area contributed by atoms with Crippen LogP contribution in [0.15, 0.2) is 24.3 Å². The first kappa shape index (κ1) is 7.23. The normalized spacial score (nSPS) is 9.70. The molecule has 0 aliphatic rings. The molecule has 0 spiro atoms. The number of benzene rings is 1. The Kier molecular flexibility index (Phi) is 2.41. The molecule has 0 aliphatic carbocycles. The van der Waals surface area contributed by atoms with Crippen molar-refractivity contribution in [2.45, 2.75) is 6.92 Å². The second-order valence-electron chi connectivity index (χ2n) is 2.00. The zero-order chi connectivity index (χ0) is 7.40. The summed E-state index contributed by atoms with van der Waals surface area (Å²) in [7, 11) is 0.196. The molecule has 0 radical (unpaired) electrons. The van der Waals surface area contributed by atoms with Crippen LogP contribution in [0, 0.1) is 12.1 Å². The van der Waals surface area contributed by atoms with Crippen LogP contribution in [0.4, 0.5) is 0 Å². The zero-order valence-corrected chi connectivity index (χ0v) is 6.56. The molecular formula is C7H8NOP. The van der Waals surface area contributed by atoms with E-state index in [2.05, 4.69) is 0 Å². The molecule has 1 rings (SSSR count). The van der Waals surface area contributed by atoms with E-state index in [0.29, 0.717) is 0 Å². The first-order valence-electron chi connectivity index (χ1n) is 2.93. The minimum absolute atomic E-state index is 0.196. The van der Waals surface area contributed by atoms with E-state index in [1.165, 1.54) is 5.56 Å². The molecule has 52 valence electrons. The number of hydrogen-bond acceptors (Lipinski definition) is 2. The maximum Gasteiger partial charge on any atom is 0.238 e. The summed E-state index contributed by atoms with van der Waals surface area (Å²) in [5, 5.41) is 6.74. The highest BCUT2D eigenvalue weighted by Crippen LogP contribution is 2.15. The van der Waals surface area contributed by atoms with Gasteiger partial charge in [0.2, 0.25) is 8.60 Å². The van der Waals surface area contributed by atoms with Crippen LogP contribution >= 0.6 is 8.60 Å². The smallest absolute Gasteiger partial charge is 0.238 e. The largest absolute Gasteiger partial charge is 0.423 e. The molecule has 1 N–H and O–H groups in total. The average Bonchev–Trinajstić information content (AvgIpc) is 1.95. The molecule has 0 aliphatic heterocycles. The third kappa shape index (κ3) is 1.82. The van der Waals surface area contributed by atoms with Crippen LogP contribution in [0.1, 0.15) is 5.56 Å². The molecule has 0 fully saturated rings. The molecule has 0 heterocycles. The highest BCUT2D eigenvalue weighted by atomic mass is 31.1. The van der Waals surface area contributed by atoms with Crippen LogP contribution in [0.3, 0.4) is 0 Å². The first-order valence-corrected chi connectivity index (χ1v) is 3.74. The van der Waals surface area contributed by atoms with Gasteiger partial charge in [-0.25, -0.2) is 5.16 Å². The lowest BCUT2D eigenvalue weighted by Crippen LogP contribution is -1.74. The lowest BCUT2D eigenvalue weighted by Gasteiger charge is -1.95. The van der Waals surface area contributed by atoms with Crippen LogP contribution < -0.4 is 4.52 Å². The van der Waals surface area contributed by atoms with Gasteiger partial charge in [-0.3, -0.25) is 0 Å². The third-order valence-corrected chi connectivity index (χ3v) is 1.47. The Morgan fingerprint density at radius 1 is 1.30 bits per heavy atom. The fourth-order valence-corrected chi connectivity index (χ4v) is 0.879. The van der Waals surface area contributed by atoms with Crippen LogP contribution in [0.2, 0.25) is 0 Å². The molecule has 1 aromatic carbocycles. The number of rotatable bonds is 2. The molecular weight excluding hydrogens is 145 g/mol. The second-order valence-corrected chi connectivity index (χ2v) is 2.36. The topological polar surface area (TPSA) is 33.1 Å². The first-order chi connectivity index (χ1) is 4.83. The van der Waals surface area contributed by atoms with E-state index < -0.39 is 0 Å². The van der Waals surface area contributed by atoms with Crippen molar-refractivity contribution in [1.82, 2.24) is 0 Å². The van der Waals surface area contributed by atoms with E-state index >= 15 is 0 Å². The standard InChI is InChI=1S/C7H8NOP/c1-6-2-4-7(5-3-6)9-10-8/h2-5,8H,1H3. The van der Waals surface area contributed by atoms with Gasteiger partial charge in [-0.15, -0.1) is 0 Å². The highest BCUT2D eigenvalue weighted by molar-refractivity contribution is 7.19. The van der Waals surface area contributed by atoms with Crippen molar-refractivity contribution in [3.8, 4) is 5.75 Å². The molecule has 0 bridgehead atoms. The Morgan fingerprint density at radius 3 is 2.40 bits per heavy atom. The van der Waals surface area contributed by atoms with E-state index in [1.807, 2.05) is 31.2 Å². The minimum atomic E-state index is 0.196. The van der Waals surface area contributed by atoms with Crippen molar-refractivity contribution >= 4 is 8.60 Å². The van der Waals surface area contributed by atoms with Gasteiger partial charge in [-0.05, 0) is 19.1 Å². The van der Waals surface area contributed by atoms with E-state index in [4.69, 9.17) is 9.69 Å². The molecule has 10 heavy (non-hydrogen) atoms. The number of aryl methyl sites for hydroxylation is 1. The predicted octanol–water partition coefficient (Wildman–Crippen LogP) is 3.00. The molecule has 0 aromatic heterocycles. The summed E-state index contributed by atoms with van der Waals surface area (Å²) in [6, 6.07) is 7.63. The lowest BCUT2D eigenvalue weighted by molar-refractivity contribution is 0.636. The summed E-state index contributed by atoms with van der Waals surface area (Å²) in [6.45, 7) is 2.02. The quantitative estimate of drug-likeness (QED) is 0.651. The predicted molar refractivity (Wildman–Crippen MR) is 41.4 cm³/mol. The molecule has 0 saturated carbocycles. The van der Waals surface area contributed by atoms with Crippen LogP contribution in [0.5, 0.6) is 5.75 Å². The molecule has 0 unspecified atom stereocenters. The van der Waals surface area contributed by atoms with Gasteiger partial charge in [-0.1, -0.05) is 17.7 Å². The van der Waals surface area contributed by atoms with Crippen molar-refractivity contribution in [3.05, 3.63) is 29.8 Å². The van der Waals surface area contributed by atoms with Crippen LogP contribution in [0.25, 0.3) is 0 Å². The fourth-order valence-electron chi connectivity index (χ4n) is 0.652. The monoisotopic (exact) mass is 153 g/mol. The minimum Gasteiger partial charge on any atom is -0.423 e. The van der Waals surface area contributed by atoms with Crippen molar-refractivity contribution < 1.29 is 4.52 Å².